The van der Waals surface area contributed by atoms with E-state index in [1.54, 1.807) is 0 Å². The molecule has 0 radical (unpaired) electrons. The van der Waals surface area contributed by atoms with Crippen LogP contribution in [0.15, 0.2) is 162 Å². The summed E-state index contributed by atoms with van der Waals surface area (Å²) < 4.78 is 6.48. The smallest absolute Gasteiger partial charge is 0.143 e. The van der Waals surface area contributed by atoms with E-state index in [0.29, 0.717) is 0 Å². The second-order valence-corrected chi connectivity index (χ2v) is 14.4. The Morgan fingerprint density at radius 2 is 0.960 bits per heavy atom. The van der Waals surface area contributed by atoms with E-state index in [2.05, 4.69) is 166 Å². The van der Waals surface area contributed by atoms with Gasteiger partial charge in [0.1, 0.15) is 11.2 Å². The lowest BCUT2D eigenvalue weighted by molar-refractivity contribution is 0.663. The van der Waals surface area contributed by atoms with Crippen LogP contribution in [0.25, 0.3) is 98.4 Å². The lowest BCUT2D eigenvalue weighted by atomic mass is 9.81. The molecular formula is C49H32O. The van der Waals surface area contributed by atoms with Crippen LogP contribution in [0, 0.1) is 0 Å². The summed E-state index contributed by atoms with van der Waals surface area (Å²) in [6, 6.07) is 58.1. The Bertz CT molecular complexity index is 3010. The van der Waals surface area contributed by atoms with E-state index >= 15 is 0 Å². The number of benzene rings is 9. The summed E-state index contributed by atoms with van der Waals surface area (Å²) in [6.07, 6.45) is 0. The SMILES string of the molecule is CC1(C)c2cccc3cc(-c4c5ccccc5c(-c5cccc(-c6cccc7c6oc6ccccc67)c5)c5ccccc45)c4cccc1c4c23. The third-order valence-corrected chi connectivity index (χ3v) is 11.4. The normalized spacial score (nSPS) is 13.6. The van der Waals surface area contributed by atoms with Crippen LogP contribution in [0.1, 0.15) is 25.0 Å². The fourth-order valence-corrected chi connectivity index (χ4v) is 9.19. The van der Waals surface area contributed by atoms with E-state index in [-0.39, 0.29) is 5.41 Å². The molecule has 0 saturated carbocycles. The molecule has 50 heavy (non-hydrogen) atoms. The molecule has 1 heteroatoms. The van der Waals surface area contributed by atoms with Gasteiger partial charge in [-0.25, -0.2) is 0 Å². The van der Waals surface area contributed by atoms with Crippen LogP contribution in [-0.2, 0) is 5.41 Å². The Morgan fingerprint density at radius 3 is 1.72 bits per heavy atom. The molecule has 1 aliphatic carbocycles. The highest BCUT2D eigenvalue weighted by atomic mass is 16.3. The van der Waals surface area contributed by atoms with Crippen molar-refractivity contribution in [3.63, 3.8) is 0 Å². The van der Waals surface area contributed by atoms with Gasteiger partial charge in [-0.05, 0) is 100 Å². The van der Waals surface area contributed by atoms with Gasteiger partial charge in [0.05, 0.1) is 0 Å². The number of furan rings is 1. The van der Waals surface area contributed by atoms with Crippen molar-refractivity contribution in [1.29, 1.82) is 0 Å². The number of hydrogen-bond acceptors (Lipinski definition) is 1. The summed E-state index contributed by atoms with van der Waals surface area (Å²) in [5, 5.41) is 12.8. The van der Waals surface area contributed by atoms with E-state index in [9.17, 15) is 0 Å². The predicted octanol–water partition coefficient (Wildman–Crippen LogP) is 13.8. The Kier molecular flexibility index (Phi) is 5.51. The van der Waals surface area contributed by atoms with Crippen LogP contribution in [0.2, 0.25) is 0 Å². The Hall–Kier alpha value is -6.18. The molecule has 0 amide bonds. The van der Waals surface area contributed by atoms with E-state index in [4.69, 9.17) is 4.42 Å². The van der Waals surface area contributed by atoms with Crippen LogP contribution in [0.3, 0.4) is 0 Å². The lowest BCUT2D eigenvalue weighted by Gasteiger charge is -2.21. The highest BCUT2D eigenvalue weighted by Crippen LogP contribution is 2.53. The van der Waals surface area contributed by atoms with Gasteiger partial charge < -0.3 is 4.42 Å². The second-order valence-electron chi connectivity index (χ2n) is 14.4. The molecule has 1 aliphatic rings. The Morgan fingerprint density at radius 1 is 0.400 bits per heavy atom. The van der Waals surface area contributed by atoms with Gasteiger partial charge in [0.25, 0.3) is 0 Å². The van der Waals surface area contributed by atoms with Crippen molar-refractivity contribution >= 4 is 65.0 Å². The van der Waals surface area contributed by atoms with Crippen molar-refractivity contribution in [2.45, 2.75) is 19.3 Å². The summed E-state index contributed by atoms with van der Waals surface area (Å²) in [4.78, 5) is 0. The van der Waals surface area contributed by atoms with Crippen molar-refractivity contribution in [3.8, 4) is 33.4 Å². The molecule has 1 aromatic heterocycles. The topological polar surface area (TPSA) is 13.1 Å². The van der Waals surface area contributed by atoms with Gasteiger partial charge in [0.15, 0.2) is 0 Å². The van der Waals surface area contributed by atoms with Crippen molar-refractivity contribution < 1.29 is 4.42 Å². The average Bonchev–Trinajstić information content (AvgIpc) is 3.66. The highest BCUT2D eigenvalue weighted by molar-refractivity contribution is 6.27. The van der Waals surface area contributed by atoms with Gasteiger partial charge in [-0.15, -0.1) is 0 Å². The largest absolute Gasteiger partial charge is 0.455 e. The zero-order valence-corrected chi connectivity index (χ0v) is 27.9. The van der Waals surface area contributed by atoms with Gasteiger partial charge in [-0.1, -0.05) is 153 Å². The van der Waals surface area contributed by atoms with Crippen LogP contribution in [-0.4, -0.2) is 0 Å². The lowest BCUT2D eigenvalue weighted by Crippen LogP contribution is -2.14. The van der Waals surface area contributed by atoms with E-state index < -0.39 is 0 Å². The molecule has 0 atom stereocenters. The van der Waals surface area contributed by atoms with Crippen LogP contribution in [0.4, 0.5) is 0 Å². The minimum atomic E-state index is -0.0360. The maximum absolute atomic E-state index is 6.48. The third-order valence-electron chi connectivity index (χ3n) is 11.4. The molecule has 0 N–H and O–H groups in total. The zero-order valence-electron chi connectivity index (χ0n) is 27.9. The summed E-state index contributed by atoms with van der Waals surface area (Å²) in [7, 11) is 0. The molecule has 1 heterocycles. The second kappa shape index (κ2) is 9.94. The Balaban J connectivity index is 1.21. The maximum Gasteiger partial charge on any atom is 0.143 e. The monoisotopic (exact) mass is 636 g/mol. The first-order valence-corrected chi connectivity index (χ1v) is 17.5. The average molecular weight is 637 g/mol. The molecule has 0 fully saturated rings. The first-order chi connectivity index (χ1) is 24.6. The van der Waals surface area contributed by atoms with Crippen molar-refractivity contribution in [3.05, 3.63) is 169 Å². The fraction of sp³-hybridized carbons (Fsp3) is 0.0612. The molecule has 0 spiro atoms. The fourth-order valence-electron chi connectivity index (χ4n) is 9.19. The van der Waals surface area contributed by atoms with E-state index in [1.165, 1.54) is 76.5 Å². The van der Waals surface area contributed by atoms with Crippen LogP contribution in [0.5, 0.6) is 0 Å². The molecule has 0 saturated heterocycles. The zero-order chi connectivity index (χ0) is 33.1. The molecule has 11 rings (SSSR count). The highest BCUT2D eigenvalue weighted by Gasteiger charge is 2.34. The van der Waals surface area contributed by atoms with Gasteiger partial charge in [0, 0.05) is 21.8 Å². The van der Waals surface area contributed by atoms with Gasteiger partial charge in [-0.2, -0.15) is 0 Å². The summed E-state index contributed by atoms with van der Waals surface area (Å²) in [5.41, 5.74) is 12.0. The number of hydrogen-bond donors (Lipinski definition) is 0. The third kappa shape index (κ3) is 3.62. The van der Waals surface area contributed by atoms with Crippen LogP contribution < -0.4 is 0 Å². The number of fused-ring (bicyclic) bond motifs is 5. The Labute approximate surface area is 290 Å². The summed E-state index contributed by atoms with van der Waals surface area (Å²) in [5.74, 6) is 0. The van der Waals surface area contributed by atoms with Crippen molar-refractivity contribution in [2.75, 3.05) is 0 Å². The minimum absolute atomic E-state index is 0.0360. The van der Waals surface area contributed by atoms with Gasteiger partial charge >= 0.3 is 0 Å². The van der Waals surface area contributed by atoms with E-state index in [0.717, 1.165) is 33.1 Å². The molecule has 1 nitrogen and oxygen atoms in total. The van der Waals surface area contributed by atoms with Crippen molar-refractivity contribution in [1.82, 2.24) is 0 Å². The summed E-state index contributed by atoms with van der Waals surface area (Å²) >= 11 is 0. The number of rotatable bonds is 3. The first-order valence-electron chi connectivity index (χ1n) is 17.5. The molecule has 0 aliphatic heterocycles. The molecule has 0 bridgehead atoms. The quantitative estimate of drug-likeness (QED) is 0.139. The first kappa shape index (κ1) is 27.7. The summed E-state index contributed by atoms with van der Waals surface area (Å²) in [6.45, 7) is 4.75. The number of para-hydroxylation sites is 2. The molecule has 0 unspecified atom stereocenters. The molecule has 9 aromatic carbocycles. The molecule has 234 valence electrons. The van der Waals surface area contributed by atoms with E-state index in [1.807, 2.05) is 6.07 Å². The maximum atomic E-state index is 6.48. The van der Waals surface area contributed by atoms with Crippen molar-refractivity contribution in [2.24, 2.45) is 0 Å². The van der Waals surface area contributed by atoms with Gasteiger partial charge in [0.2, 0.25) is 0 Å². The molecule has 10 aromatic rings. The predicted molar refractivity (Wildman–Crippen MR) is 212 cm³/mol. The molecular weight excluding hydrogens is 605 g/mol. The standard InChI is InChI=1S/C49H32O/c1-49(2)41-24-10-15-31-28-40(38-22-12-25-42(49)47(38)45(31)41)46-36-19-5-3-17-34(36)44(35-18-4-6-20-37(35)46)30-14-9-13-29(27-30)32-21-11-23-39-33-16-7-8-26-43(33)50-48(32)39/h3-28H,1-2H3. The van der Waals surface area contributed by atoms with Gasteiger partial charge in [-0.3, -0.25) is 0 Å². The van der Waals surface area contributed by atoms with Crippen LogP contribution >= 0.6 is 0 Å². The minimum Gasteiger partial charge on any atom is -0.455 e.